The highest BCUT2D eigenvalue weighted by molar-refractivity contribution is 6.18. The lowest BCUT2D eigenvalue weighted by Gasteiger charge is -2.26. The summed E-state index contributed by atoms with van der Waals surface area (Å²) in [6, 6.07) is 0. The van der Waals surface area contributed by atoms with Crippen molar-refractivity contribution in [3.63, 3.8) is 0 Å². The van der Waals surface area contributed by atoms with Gasteiger partial charge in [-0.05, 0) is 17.8 Å². The van der Waals surface area contributed by atoms with Crippen molar-refractivity contribution in [2.24, 2.45) is 17.8 Å². The molecule has 3 unspecified atom stereocenters. The molecule has 0 fully saturated rings. The van der Waals surface area contributed by atoms with E-state index in [1.165, 1.54) is 12.8 Å². The molecule has 0 nitrogen and oxygen atoms in total. The predicted octanol–water partition coefficient (Wildman–Crippen LogP) is 3.93. The van der Waals surface area contributed by atoms with Gasteiger partial charge in [0, 0.05) is 5.88 Å². The van der Waals surface area contributed by atoms with E-state index >= 15 is 0 Å². The van der Waals surface area contributed by atoms with Gasteiger partial charge in [-0.1, -0.05) is 40.5 Å². The third-order valence-corrected chi connectivity index (χ3v) is 3.31. The first-order valence-corrected chi connectivity index (χ1v) is 5.26. The van der Waals surface area contributed by atoms with Crippen molar-refractivity contribution in [3.8, 4) is 0 Å². The highest BCUT2D eigenvalue weighted by Gasteiger charge is 2.19. The molecule has 0 spiro atoms. The zero-order valence-electron chi connectivity index (χ0n) is 8.23. The average Bonchev–Trinajstić information content (AvgIpc) is 2.05. The van der Waals surface area contributed by atoms with Crippen LogP contribution in [0.25, 0.3) is 0 Å². The van der Waals surface area contributed by atoms with E-state index in [1.807, 2.05) is 0 Å². The fraction of sp³-hybridized carbons (Fsp3) is 1.00. The molecule has 1 heteroatoms. The Hall–Kier alpha value is 0.290. The molecule has 0 saturated carbocycles. The molecule has 0 radical (unpaired) electrons. The Balaban J connectivity index is 3.92. The molecular weight excluding hydrogens is 156 g/mol. The quantitative estimate of drug-likeness (QED) is 0.557. The van der Waals surface area contributed by atoms with E-state index in [4.69, 9.17) is 11.6 Å². The molecule has 0 heterocycles. The van der Waals surface area contributed by atoms with Gasteiger partial charge in [0.05, 0.1) is 0 Å². The maximum atomic E-state index is 5.83. The molecular formula is C10H21Cl. The number of rotatable bonds is 5. The van der Waals surface area contributed by atoms with Crippen LogP contribution < -0.4 is 0 Å². The van der Waals surface area contributed by atoms with E-state index < -0.39 is 0 Å². The number of halogens is 1. The molecule has 11 heavy (non-hydrogen) atoms. The van der Waals surface area contributed by atoms with Crippen LogP contribution in [0.1, 0.15) is 40.5 Å². The Morgan fingerprint density at radius 2 is 1.55 bits per heavy atom. The first-order valence-electron chi connectivity index (χ1n) is 4.73. The second kappa shape index (κ2) is 5.88. The van der Waals surface area contributed by atoms with Crippen LogP contribution >= 0.6 is 11.6 Å². The molecule has 3 atom stereocenters. The average molecular weight is 177 g/mol. The zero-order chi connectivity index (χ0) is 8.85. The monoisotopic (exact) mass is 176 g/mol. The van der Waals surface area contributed by atoms with E-state index in [0.717, 1.165) is 17.7 Å². The molecule has 0 aliphatic carbocycles. The van der Waals surface area contributed by atoms with Gasteiger partial charge in [-0.15, -0.1) is 11.6 Å². The van der Waals surface area contributed by atoms with Crippen LogP contribution in [0.4, 0.5) is 0 Å². The second-order valence-corrected chi connectivity index (χ2v) is 3.90. The van der Waals surface area contributed by atoms with Crippen LogP contribution in [0.2, 0.25) is 0 Å². The summed E-state index contributed by atoms with van der Waals surface area (Å²) in [4.78, 5) is 0. The molecule has 68 valence electrons. The van der Waals surface area contributed by atoms with Gasteiger partial charge in [0.15, 0.2) is 0 Å². The molecule has 0 aliphatic heterocycles. The van der Waals surface area contributed by atoms with Gasteiger partial charge >= 0.3 is 0 Å². The van der Waals surface area contributed by atoms with E-state index in [-0.39, 0.29) is 0 Å². The van der Waals surface area contributed by atoms with Crippen molar-refractivity contribution >= 4 is 11.6 Å². The summed E-state index contributed by atoms with van der Waals surface area (Å²) in [6.45, 7) is 9.11. The van der Waals surface area contributed by atoms with Crippen molar-refractivity contribution in [3.05, 3.63) is 0 Å². The highest BCUT2D eigenvalue weighted by Crippen LogP contribution is 2.27. The van der Waals surface area contributed by atoms with Crippen LogP contribution in [0.15, 0.2) is 0 Å². The van der Waals surface area contributed by atoms with Crippen molar-refractivity contribution < 1.29 is 0 Å². The third-order valence-electron chi connectivity index (χ3n) is 2.82. The maximum absolute atomic E-state index is 5.83. The largest absolute Gasteiger partial charge is 0.126 e. The van der Waals surface area contributed by atoms with E-state index in [1.54, 1.807) is 0 Å². The first kappa shape index (κ1) is 11.3. The summed E-state index contributed by atoms with van der Waals surface area (Å²) in [7, 11) is 0. The van der Waals surface area contributed by atoms with E-state index in [9.17, 15) is 0 Å². The maximum Gasteiger partial charge on any atom is 0.0251 e. The Bertz CT molecular complexity index is 80.9. The van der Waals surface area contributed by atoms with E-state index in [2.05, 4.69) is 27.7 Å². The zero-order valence-corrected chi connectivity index (χ0v) is 8.99. The Labute approximate surface area is 76.3 Å². The third kappa shape index (κ3) is 3.46. The molecule has 0 amide bonds. The standard InChI is InChI=1S/C10H21Cl/c1-5-8(3)10(6-2)9(4)7-11/h8-10H,5-7H2,1-4H3. The Morgan fingerprint density at radius 3 is 1.82 bits per heavy atom. The summed E-state index contributed by atoms with van der Waals surface area (Å²) in [6.07, 6.45) is 2.54. The van der Waals surface area contributed by atoms with Gasteiger partial charge in [0.1, 0.15) is 0 Å². The van der Waals surface area contributed by atoms with Crippen LogP contribution in [0.3, 0.4) is 0 Å². The minimum Gasteiger partial charge on any atom is -0.126 e. The lowest BCUT2D eigenvalue weighted by Crippen LogP contribution is -2.19. The van der Waals surface area contributed by atoms with Crippen molar-refractivity contribution in [2.45, 2.75) is 40.5 Å². The van der Waals surface area contributed by atoms with Crippen molar-refractivity contribution in [1.29, 1.82) is 0 Å². The molecule has 0 aromatic carbocycles. The predicted molar refractivity (Wildman–Crippen MR) is 53.1 cm³/mol. The van der Waals surface area contributed by atoms with Crippen LogP contribution in [-0.2, 0) is 0 Å². The van der Waals surface area contributed by atoms with Gasteiger partial charge in [0.25, 0.3) is 0 Å². The molecule has 0 saturated heterocycles. The number of hydrogen-bond acceptors (Lipinski definition) is 0. The molecule has 0 aromatic heterocycles. The Kier molecular flexibility index (Phi) is 6.03. The van der Waals surface area contributed by atoms with Crippen LogP contribution in [-0.4, -0.2) is 5.88 Å². The van der Waals surface area contributed by atoms with Crippen molar-refractivity contribution in [1.82, 2.24) is 0 Å². The van der Waals surface area contributed by atoms with E-state index in [0.29, 0.717) is 5.92 Å². The Morgan fingerprint density at radius 1 is 1.00 bits per heavy atom. The molecule has 0 aromatic rings. The molecule has 0 aliphatic rings. The smallest absolute Gasteiger partial charge is 0.0251 e. The fourth-order valence-electron chi connectivity index (χ4n) is 1.78. The fourth-order valence-corrected chi connectivity index (χ4v) is 2.01. The van der Waals surface area contributed by atoms with Crippen LogP contribution in [0, 0.1) is 17.8 Å². The molecule has 0 N–H and O–H groups in total. The van der Waals surface area contributed by atoms with Crippen molar-refractivity contribution in [2.75, 3.05) is 5.88 Å². The lowest BCUT2D eigenvalue weighted by atomic mass is 9.81. The molecule has 0 rings (SSSR count). The molecule has 0 bridgehead atoms. The van der Waals surface area contributed by atoms with Gasteiger partial charge in [0.2, 0.25) is 0 Å². The summed E-state index contributed by atoms with van der Waals surface area (Å²) >= 11 is 5.83. The minimum absolute atomic E-state index is 0.677. The van der Waals surface area contributed by atoms with Gasteiger partial charge in [-0.2, -0.15) is 0 Å². The summed E-state index contributed by atoms with van der Waals surface area (Å²) < 4.78 is 0. The summed E-state index contributed by atoms with van der Waals surface area (Å²) in [5.41, 5.74) is 0. The van der Waals surface area contributed by atoms with Gasteiger partial charge < -0.3 is 0 Å². The number of hydrogen-bond donors (Lipinski definition) is 0. The lowest BCUT2D eigenvalue weighted by molar-refractivity contribution is 0.258. The number of alkyl halides is 1. The normalized spacial score (nSPS) is 19.4. The summed E-state index contributed by atoms with van der Waals surface area (Å²) in [5, 5.41) is 0. The topological polar surface area (TPSA) is 0 Å². The highest BCUT2D eigenvalue weighted by atomic mass is 35.5. The first-order chi connectivity index (χ1) is 5.17. The van der Waals surface area contributed by atoms with Gasteiger partial charge in [-0.25, -0.2) is 0 Å². The summed E-state index contributed by atoms with van der Waals surface area (Å²) in [5.74, 6) is 3.13. The SMILES string of the molecule is CCC(C)C(CC)C(C)CCl. The second-order valence-electron chi connectivity index (χ2n) is 3.59. The van der Waals surface area contributed by atoms with Gasteiger partial charge in [-0.3, -0.25) is 0 Å². The van der Waals surface area contributed by atoms with Crippen LogP contribution in [0.5, 0.6) is 0 Å². The minimum atomic E-state index is 0.677.